The number of nitrogens with one attached hydrogen (secondary N) is 2. The fourth-order valence-corrected chi connectivity index (χ4v) is 3.41. The Labute approximate surface area is 127 Å². The average molecular weight is 302 g/mol. The Morgan fingerprint density at radius 3 is 3.19 bits per heavy atom. The van der Waals surface area contributed by atoms with Crippen molar-refractivity contribution < 1.29 is 4.79 Å². The van der Waals surface area contributed by atoms with Gasteiger partial charge in [0.1, 0.15) is 5.03 Å². The molecule has 3 rings (SSSR count). The van der Waals surface area contributed by atoms with Crippen molar-refractivity contribution >= 4 is 17.7 Å². The zero-order chi connectivity index (χ0) is 14.5. The van der Waals surface area contributed by atoms with Crippen molar-refractivity contribution in [2.75, 3.05) is 12.3 Å². The van der Waals surface area contributed by atoms with Crippen molar-refractivity contribution in [2.45, 2.75) is 30.2 Å². The quantitative estimate of drug-likeness (QED) is 0.633. The number of carbonyl (C=O) groups is 1. The van der Waals surface area contributed by atoms with E-state index in [1.807, 2.05) is 0 Å². The van der Waals surface area contributed by atoms with Crippen molar-refractivity contribution in [2.24, 2.45) is 0 Å². The Morgan fingerprint density at radius 2 is 2.33 bits per heavy atom. The number of carbonyl (C=O) groups excluding carboxylic acids is 1. The molecule has 1 atom stereocenters. The Bertz CT molecular complexity index is 599. The summed E-state index contributed by atoms with van der Waals surface area (Å²) in [5.41, 5.74) is 2.75. The maximum absolute atomic E-state index is 12.0. The minimum absolute atomic E-state index is 0.137. The molecule has 2 aromatic rings. The molecule has 1 aromatic heterocycles. The minimum atomic E-state index is 0.137. The van der Waals surface area contributed by atoms with Gasteiger partial charge in [-0.05, 0) is 29.9 Å². The zero-order valence-corrected chi connectivity index (χ0v) is 12.5. The first-order chi connectivity index (χ1) is 10.3. The molecule has 0 fully saturated rings. The molecule has 6 heteroatoms. The molecule has 0 radical (unpaired) electrons. The van der Waals surface area contributed by atoms with Crippen LogP contribution < -0.4 is 5.32 Å². The molecular weight excluding hydrogens is 284 g/mol. The van der Waals surface area contributed by atoms with Crippen LogP contribution in [0.4, 0.5) is 0 Å². The van der Waals surface area contributed by atoms with E-state index in [2.05, 4.69) is 45.0 Å². The second-order valence-electron chi connectivity index (χ2n) is 5.15. The number of aromatic nitrogens is 3. The second-order valence-corrected chi connectivity index (χ2v) is 6.26. The normalized spacial score (nSPS) is 16.7. The van der Waals surface area contributed by atoms with Crippen LogP contribution >= 0.6 is 11.8 Å². The van der Waals surface area contributed by atoms with E-state index in [1.165, 1.54) is 11.1 Å². The van der Waals surface area contributed by atoms with Gasteiger partial charge in [-0.25, -0.2) is 0 Å². The smallest absolute Gasteiger partial charge is 0.220 e. The fraction of sp³-hybridized carbons (Fsp3) is 0.400. The number of thioether (sulfide) groups is 1. The first kappa shape index (κ1) is 14.1. The van der Waals surface area contributed by atoms with Crippen molar-refractivity contribution in [3.63, 3.8) is 0 Å². The molecule has 2 N–H and O–H groups in total. The number of nitrogens with zero attached hydrogens (tertiary/aromatic N) is 2. The first-order valence-corrected chi connectivity index (χ1v) is 8.14. The highest BCUT2D eigenvalue weighted by Crippen LogP contribution is 2.34. The highest BCUT2D eigenvalue weighted by molar-refractivity contribution is 7.99. The van der Waals surface area contributed by atoms with Crippen LogP contribution in [0.2, 0.25) is 0 Å². The Hall–Kier alpha value is -1.82. The van der Waals surface area contributed by atoms with E-state index in [0.29, 0.717) is 18.9 Å². The van der Waals surface area contributed by atoms with E-state index in [9.17, 15) is 4.79 Å². The Balaban J connectivity index is 1.41. The van der Waals surface area contributed by atoms with Gasteiger partial charge in [0.25, 0.3) is 0 Å². The lowest BCUT2D eigenvalue weighted by Gasteiger charge is -2.11. The van der Waals surface area contributed by atoms with Gasteiger partial charge in [-0.1, -0.05) is 24.3 Å². The zero-order valence-electron chi connectivity index (χ0n) is 11.7. The third-order valence-electron chi connectivity index (χ3n) is 3.76. The van der Waals surface area contributed by atoms with Crippen LogP contribution in [0.15, 0.2) is 35.5 Å². The van der Waals surface area contributed by atoms with Gasteiger partial charge in [-0.3, -0.25) is 4.79 Å². The molecule has 0 aliphatic heterocycles. The van der Waals surface area contributed by atoms with Crippen LogP contribution in [0.3, 0.4) is 0 Å². The van der Waals surface area contributed by atoms with E-state index in [0.717, 1.165) is 23.6 Å². The van der Waals surface area contributed by atoms with Crippen LogP contribution in [-0.4, -0.2) is 33.6 Å². The summed E-state index contributed by atoms with van der Waals surface area (Å²) in [4.78, 5) is 12.0. The predicted octanol–water partition coefficient (Wildman–Crippen LogP) is 2.13. The number of benzene rings is 1. The van der Waals surface area contributed by atoms with Crippen molar-refractivity contribution in [3.05, 3.63) is 41.6 Å². The van der Waals surface area contributed by atoms with Crippen LogP contribution in [0.5, 0.6) is 0 Å². The monoisotopic (exact) mass is 302 g/mol. The Morgan fingerprint density at radius 1 is 1.43 bits per heavy atom. The van der Waals surface area contributed by atoms with Crippen molar-refractivity contribution in [1.29, 1.82) is 0 Å². The SMILES string of the molecule is O=C(C[C@H]1CCc2ccccc21)NCCSc1cn[nH]n1. The average Bonchev–Trinajstić information content (AvgIpc) is 3.14. The molecule has 0 saturated carbocycles. The number of H-pyrrole nitrogens is 1. The maximum Gasteiger partial charge on any atom is 0.220 e. The van der Waals surface area contributed by atoms with E-state index in [1.54, 1.807) is 18.0 Å². The van der Waals surface area contributed by atoms with Gasteiger partial charge in [-0.2, -0.15) is 10.3 Å². The van der Waals surface area contributed by atoms with Gasteiger partial charge in [-0.15, -0.1) is 16.9 Å². The molecular formula is C15H18N4OS. The van der Waals surface area contributed by atoms with Gasteiger partial charge in [0, 0.05) is 18.7 Å². The number of fused-ring (bicyclic) bond motifs is 1. The molecule has 1 aliphatic carbocycles. The number of amides is 1. The van der Waals surface area contributed by atoms with E-state index in [-0.39, 0.29) is 5.91 Å². The fourth-order valence-electron chi connectivity index (χ4n) is 2.76. The van der Waals surface area contributed by atoms with Crippen LogP contribution in [-0.2, 0) is 11.2 Å². The first-order valence-electron chi connectivity index (χ1n) is 7.16. The Kier molecular flexibility index (Phi) is 4.55. The molecule has 1 heterocycles. The largest absolute Gasteiger partial charge is 0.355 e. The lowest BCUT2D eigenvalue weighted by molar-refractivity contribution is -0.121. The number of aryl methyl sites for hydroxylation is 1. The number of hydrogen-bond donors (Lipinski definition) is 2. The molecule has 0 unspecified atom stereocenters. The number of aromatic amines is 1. The third-order valence-corrected chi connectivity index (χ3v) is 4.66. The standard InChI is InChI=1S/C15H18N4OS/c20-14(16-7-8-21-15-10-17-19-18-15)9-12-6-5-11-3-1-2-4-13(11)12/h1-4,10,12H,5-9H2,(H,16,20)(H,17,18,19)/t12-/m1/s1. The topological polar surface area (TPSA) is 70.7 Å². The lowest BCUT2D eigenvalue weighted by Crippen LogP contribution is -2.26. The van der Waals surface area contributed by atoms with E-state index < -0.39 is 0 Å². The van der Waals surface area contributed by atoms with Gasteiger partial charge < -0.3 is 5.32 Å². The summed E-state index contributed by atoms with van der Waals surface area (Å²) in [5, 5.41) is 14.1. The molecule has 21 heavy (non-hydrogen) atoms. The predicted molar refractivity (Wildman–Crippen MR) is 82.2 cm³/mol. The summed E-state index contributed by atoms with van der Waals surface area (Å²) in [5.74, 6) is 1.32. The van der Waals surface area contributed by atoms with Gasteiger partial charge in [0.15, 0.2) is 0 Å². The highest BCUT2D eigenvalue weighted by Gasteiger charge is 2.23. The molecule has 1 aliphatic rings. The summed E-state index contributed by atoms with van der Waals surface area (Å²) in [6, 6.07) is 8.45. The summed E-state index contributed by atoms with van der Waals surface area (Å²) >= 11 is 1.58. The van der Waals surface area contributed by atoms with E-state index >= 15 is 0 Å². The number of rotatable bonds is 6. The summed E-state index contributed by atoms with van der Waals surface area (Å²) in [6.45, 7) is 0.657. The van der Waals surface area contributed by atoms with Gasteiger partial charge >= 0.3 is 0 Å². The summed E-state index contributed by atoms with van der Waals surface area (Å²) in [6.07, 6.45) is 4.45. The molecule has 5 nitrogen and oxygen atoms in total. The van der Waals surface area contributed by atoms with E-state index in [4.69, 9.17) is 0 Å². The van der Waals surface area contributed by atoms with Gasteiger partial charge in [0.05, 0.1) is 6.20 Å². The van der Waals surface area contributed by atoms with Crippen molar-refractivity contribution in [1.82, 2.24) is 20.7 Å². The van der Waals surface area contributed by atoms with Crippen LogP contribution in [0.25, 0.3) is 0 Å². The molecule has 110 valence electrons. The minimum Gasteiger partial charge on any atom is -0.355 e. The van der Waals surface area contributed by atoms with Gasteiger partial charge in [0.2, 0.25) is 5.91 Å². The molecule has 0 bridgehead atoms. The molecule has 1 amide bonds. The number of hydrogen-bond acceptors (Lipinski definition) is 4. The van der Waals surface area contributed by atoms with Crippen LogP contribution in [0.1, 0.15) is 29.9 Å². The molecule has 0 spiro atoms. The summed E-state index contributed by atoms with van der Waals surface area (Å²) in [7, 11) is 0. The second kappa shape index (κ2) is 6.76. The molecule has 1 aromatic carbocycles. The van der Waals surface area contributed by atoms with Crippen molar-refractivity contribution in [3.8, 4) is 0 Å². The van der Waals surface area contributed by atoms with Crippen LogP contribution in [0, 0.1) is 0 Å². The maximum atomic E-state index is 12.0. The molecule has 0 saturated heterocycles. The third kappa shape index (κ3) is 3.64. The lowest BCUT2D eigenvalue weighted by atomic mass is 9.97. The summed E-state index contributed by atoms with van der Waals surface area (Å²) < 4.78 is 0. The highest BCUT2D eigenvalue weighted by atomic mass is 32.2.